The van der Waals surface area contributed by atoms with Gasteiger partial charge in [-0.25, -0.2) is 0 Å². The summed E-state index contributed by atoms with van der Waals surface area (Å²) in [5, 5.41) is 14.6. The third kappa shape index (κ3) is 3.25. The lowest BCUT2D eigenvalue weighted by Crippen LogP contribution is -2.12. The predicted molar refractivity (Wildman–Crippen MR) is 59.8 cm³/mol. The highest BCUT2D eigenvalue weighted by molar-refractivity contribution is 5.97. The van der Waals surface area contributed by atoms with Crippen molar-refractivity contribution in [3.05, 3.63) is 45.8 Å². The Morgan fingerprint density at radius 2 is 2.12 bits per heavy atom. The molecule has 16 heavy (non-hydrogen) atoms. The molecule has 0 bridgehead atoms. The summed E-state index contributed by atoms with van der Waals surface area (Å²) in [6, 6.07) is 6.84. The van der Waals surface area contributed by atoms with Crippen molar-refractivity contribution in [2.75, 3.05) is 6.54 Å². The Hall–Kier alpha value is -2.64. The van der Waals surface area contributed by atoms with Crippen LogP contribution in [0.5, 0.6) is 0 Å². The van der Waals surface area contributed by atoms with Crippen LogP contribution in [0.15, 0.2) is 34.5 Å². The second-order valence-corrected chi connectivity index (χ2v) is 2.75. The number of nitrogens with two attached hydrogens (primary N) is 1. The monoisotopic (exact) mass is 215 g/mol. The lowest BCUT2D eigenvalue weighted by molar-refractivity contribution is 0.318. The van der Waals surface area contributed by atoms with Crippen LogP contribution in [-0.4, -0.2) is 17.6 Å². The van der Waals surface area contributed by atoms with Crippen LogP contribution in [0.4, 0.5) is 0 Å². The van der Waals surface area contributed by atoms with E-state index in [0.29, 0.717) is 5.56 Å². The Bertz CT molecular complexity index is 488. The summed E-state index contributed by atoms with van der Waals surface area (Å²) >= 11 is 0. The quantitative estimate of drug-likeness (QED) is 0.114. The minimum absolute atomic E-state index is 0.0496. The van der Waals surface area contributed by atoms with Gasteiger partial charge in [-0.3, -0.25) is 0 Å². The Labute approximate surface area is 92.0 Å². The van der Waals surface area contributed by atoms with Gasteiger partial charge in [-0.15, -0.1) is 0 Å². The van der Waals surface area contributed by atoms with Crippen molar-refractivity contribution in [1.82, 2.24) is 0 Å². The Morgan fingerprint density at radius 3 is 2.69 bits per heavy atom. The van der Waals surface area contributed by atoms with Crippen molar-refractivity contribution in [2.45, 2.75) is 0 Å². The van der Waals surface area contributed by atoms with Crippen molar-refractivity contribution in [3.8, 4) is 11.8 Å². The van der Waals surface area contributed by atoms with Gasteiger partial charge in [0, 0.05) is 16.0 Å². The highest BCUT2D eigenvalue weighted by atomic mass is 16.4. The van der Waals surface area contributed by atoms with Crippen molar-refractivity contribution >= 4 is 5.84 Å². The summed E-state index contributed by atoms with van der Waals surface area (Å²) in [6.45, 7) is 0.137. The summed E-state index contributed by atoms with van der Waals surface area (Å²) in [6.07, 6.45) is 0. The van der Waals surface area contributed by atoms with E-state index in [9.17, 15) is 0 Å². The molecule has 0 radical (unpaired) electrons. The van der Waals surface area contributed by atoms with Gasteiger partial charge < -0.3 is 10.9 Å². The standard InChI is InChI=1S/C10H9N5O/c11-10(14-16)9-5-3-8(4-6-9)2-1-7-13-15-12/h3-6,16H,7H2,(H2,11,14). The second-order valence-electron chi connectivity index (χ2n) is 2.75. The van der Waals surface area contributed by atoms with Gasteiger partial charge in [-0.1, -0.05) is 22.1 Å². The van der Waals surface area contributed by atoms with Crippen LogP contribution in [0.25, 0.3) is 10.4 Å². The molecule has 1 aromatic rings. The number of azide groups is 1. The van der Waals surface area contributed by atoms with Crippen LogP contribution < -0.4 is 5.73 Å². The van der Waals surface area contributed by atoms with Crippen molar-refractivity contribution in [2.24, 2.45) is 16.0 Å². The molecule has 6 heteroatoms. The van der Waals surface area contributed by atoms with Crippen LogP contribution in [-0.2, 0) is 0 Å². The molecule has 1 aromatic carbocycles. The number of hydrogen-bond acceptors (Lipinski definition) is 3. The van der Waals surface area contributed by atoms with E-state index >= 15 is 0 Å². The SMILES string of the molecule is [N-]=[N+]=NCC#Cc1ccc(C(N)=NO)cc1. The zero-order chi connectivity index (χ0) is 11.8. The highest BCUT2D eigenvalue weighted by Crippen LogP contribution is 2.02. The van der Waals surface area contributed by atoms with E-state index in [-0.39, 0.29) is 12.4 Å². The molecular weight excluding hydrogens is 206 g/mol. The topological polar surface area (TPSA) is 107 Å². The molecular formula is C10H9N5O. The fraction of sp³-hybridized carbons (Fsp3) is 0.100. The number of oxime groups is 1. The summed E-state index contributed by atoms with van der Waals surface area (Å²) in [4.78, 5) is 2.58. The zero-order valence-corrected chi connectivity index (χ0v) is 8.33. The molecule has 0 atom stereocenters. The van der Waals surface area contributed by atoms with Crippen LogP contribution in [0.1, 0.15) is 11.1 Å². The molecule has 3 N–H and O–H groups in total. The maximum absolute atomic E-state index is 8.45. The summed E-state index contributed by atoms with van der Waals surface area (Å²) in [7, 11) is 0. The molecule has 0 spiro atoms. The second kappa shape index (κ2) is 5.96. The first-order valence-corrected chi connectivity index (χ1v) is 4.35. The normalized spacial score (nSPS) is 9.88. The number of rotatable bonds is 2. The molecule has 0 unspecified atom stereocenters. The molecule has 0 amide bonds. The van der Waals surface area contributed by atoms with Gasteiger partial charge in [-0.05, 0) is 29.8 Å². The zero-order valence-electron chi connectivity index (χ0n) is 8.33. The van der Waals surface area contributed by atoms with Gasteiger partial charge in [0.15, 0.2) is 5.84 Å². The minimum Gasteiger partial charge on any atom is -0.409 e. The van der Waals surface area contributed by atoms with E-state index in [2.05, 4.69) is 27.0 Å². The molecule has 0 aliphatic rings. The Morgan fingerprint density at radius 1 is 1.44 bits per heavy atom. The van der Waals surface area contributed by atoms with E-state index in [1.54, 1.807) is 24.3 Å². The average Bonchev–Trinajstić information content (AvgIpc) is 2.34. The smallest absolute Gasteiger partial charge is 0.170 e. The lowest BCUT2D eigenvalue weighted by atomic mass is 10.1. The first-order valence-electron chi connectivity index (χ1n) is 4.35. The van der Waals surface area contributed by atoms with Gasteiger partial charge in [-0.2, -0.15) is 0 Å². The average molecular weight is 215 g/mol. The van der Waals surface area contributed by atoms with Crippen LogP contribution in [0.2, 0.25) is 0 Å². The molecule has 80 valence electrons. The van der Waals surface area contributed by atoms with Crippen molar-refractivity contribution < 1.29 is 5.21 Å². The number of amidine groups is 1. The number of benzene rings is 1. The first kappa shape index (κ1) is 11.4. The summed E-state index contributed by atoms with van der Waals surface area (Å²) in [5.41, 5.74) is 14.8. The summed E-state index contributed by atoms with van der Waals surface area (Å²) < 4.78 is 0. The van der Waals surface area contributed by atoms with Crippen LogP contribution >= 0.6 is 0 Å². The third-order valence-electron chi connectivity index (χ3n) is 1.73. The van der Waals surface area contributed by atoms with E-state index in [0.717, 1.165) is 5.56 Å². The van der Waals surface area contributed by atoms with Gasteiger partial charge in [0.25, 0.3) is 0 Å². The highest BCUT2D eigenvalue weighted by Gasteiger charge is 1.96. The van der Waals surface area contributed by atoms with E-state index in [4.69, 9.17) is 16.5 Å². The van der Waals surface area contributed by atoms with Gasteiger partial charge >= 0.3 is 0 Å². The Kier molecular flexibility index (Phi) is 4.26. The fourth-order valence-corrected chi connectivity index (χ4v) is 0.991. The largest absolute Gasteiger partial charge is 0.409 e. The molecule has 0 aromatic heterocycles. The number of hydrogen-bond donors (Lipinski definition) is 2. The molecule has 6 nitrogen and oxygen atoms in total. The minimum atomic E-state index is 0.0496. The molecule has 1 rings (SSSR count). The maximum Gasteiger partial charge on any atom is 0.170 e. The molecule has 0 aliphatic heterocycles. The molecule has 0 aliphatic carbocycles. The number of nitrogens with zero attached hydrogens (tertiary/aromatic N) is 4. The van der Waals surface area contributed by atoms with E-state index in [1.807, 2.05) is 0 Å². The third-order valence-corrected chi connectivity index (χ3v) is 1.73. The van der Waals surface area contributed by atoms with Gasteiger partial charge in [0.05, 0.1) is 6.54 Å². The predicted octanol–water partition coefficient (Wildman–Crippen LogP) is 1.44. The van der Waals surface area contributed by atoms with Gasteiger partial charge in [0.2, 0.25) is 0 Å². The van der Waals surface area contributed by atoms with Crippen LogP contribution in [0, 0.1) is 11.8 Å². The van der Waals surface area contributed by atoms with Gasteiger partial charge in [0.1, 0.15) is 0 Å². The Balaban J connectivity index is 2.78. The van der Waals surface area contributed by atoms with E-state index in [1.165, 1.54) is 0 Å². The molecule has 0 fully saturated rings. The molecule has 0 saturated heterocycles. The van der Waals surface area contributed by atoms with E-state index < -0.39 is 0 Å². The maximum atomic E-state index is 8.45. The summed E-state index contributed by atoms with van der Waals surface area (Å²) in [5.74, 6) is 5.54. The molecule has 0 saturated carbocycles. The van der Waals surface area contributed by atoms with Crippen molar-refractivity contribution in [1.29, 1.82) is 0 Å². The van der Waals surface area contributed by atoms with Crippen molar-refractivity contribution in [3.63, 3.8) is 0 Å². The van der Waals surface area contributed by atoms with Crippen LogP contribution in [0.3, 0.4) is 0 Å². The first-order chi connectivity index (χ1) is 7.77. The lowest BCUT2D eigenvalue weighted by Gasteiger charge is -1.97. The fourth-order valence-electron chi connectivity index (χ4n) is 0.991. The molecule has 0 heterocycles.